The topological polar surface area (TPSA) is 14.8 Å². The lowest BCUT2D eigenvalue weighted by Crippen LogP contribution is -2.00. The molecule has 0 amide bonds. The van der Waals surface area contributed by atoms with E-state index in [1.54, 1.807) is 18.2 Å². The van der Waals surface area contributed by atoms with Gasteiger partial charge in [0.25, 0.3) is 0 Å². The van der Waals surface area contributed by atoms with E-state index in [0.717, 1.165) is 25.8 Å². The first-order valence-corrected chi connectivity index (χ1v) is 18.3. The summed E-state index contributed by atoms with van der Waals surface area (Å²) < 4.78 is 198. The van der Waals surface area contributed by atoms with Crippen LogP contribution in [0.5, 0.6) is 0 Å². The summed E-state index contributed by atoms with van der Waals surface area (Å²) in [6.45, 7) is 1.36. The van der Waals surface area contributed by atoms with Gasteiger partial charge in [0.1, 0.15) is 0 Å². The van der Waals surface area contributed by atoms with Gasteiger partial charge in [-0.05, 0) is 95.2 Å². The standard InChI is InChI=1S/C55H37N3/c1-36-29-32-52-54(55(36)58-49-26-10-6-21-43(49)44-22-7-11-27-50(44)58)47-24-8-12-28-51(47)56(52)42-30-31-46-45-23-5-9-25-48(45)57(53(46)35-42)41-20-14-19-40(34-41)39-18-13-17-38(33-39)37-15-3-2-4-16-37/h2-35H,1H3/i5D,6D,7D,8D,9D,10D,11D,12D,21D,22D,23D,24D,25D,26D,27D,28D,29D,30D,31D,32D,35D. The number of hydrogen-bond acceptors (Lipinski definition) is 0. The summed E-state index contributed by atoms with van der Waals surface area (Å²) in [7, 11) is 0. The van der Waals surface area contributed by atoms with E-state index in [1.165, 1.54) is 11.5 Å². The Morgan fingerprint density at radius 2 is 0.862 bits per heavy atom. The van der Waals surface area contributed by atoms with Crippen molar-refractivity contribution in [2.75, 3.05) is 0 Å². The molecular weight excluding hydrogens is 703 g/mol. The highest BCUT2D eigenvalue weighted by Crippen LogP contribution is 2.42. The summed E-state index contributed by atoms with van der Waals surface area (Å²) in [5.74, 6) is 0. The zero-order chi connectivity index (χ0) is 56.6. The first-order chi connectivity index (χ1) is 37.5. The van der Waals surface area contributed by atoms with Gasteiger partial charge in [-0.1, -0.05) is 145 Å². The fourth-order valence-electron chi connectivity index (χ4n) is 8.10. The molecule has 272 valence electrons. The molecule has 0 N–H and O–H groups in total. The van der Waals surface area contributed by atoms with Crippen molar-refractivity contribution in [1.82, 2.24) is 13.7 Å². The molecule has 0 aliphatic heterocycles. The van der Waals surface area contributed by atoms with Gasteiger partial charge in [-0.2, -0.15) is 0 Å². The third kappa shape index (κ3) is 4.80. The minimum Gasteiger partial charge on any atom is -0.309 e. The first kappa shape index (κ1) is 18.1. The van der Waals surface area contributed by atoms with Crippen LogP contribution in [0.4, 0.5) is 0 Å². The summed E-state index contributed by atoms with van der Waals surface area (Å²) in [6.07, 6.45) is 0. The lowest BCUT2D eigenvalue weighted by atomic mass is 9.99. The Balaban J connectivity index is 1.30. The Hall–Kier alpha value is -7.62. The van der Waals surface area contributed by atoms with Crippen LogP contribution in [0.15, 0.2) is 206 Å². The van der Waals surface area contributed by atoms with Crippen LogP contribution in [0.1, 0.15) is 34.3 Å². The highest BCUT2D eigenvalue weighted by molar-refractivity contribution is 6.17. The third-order valence-corrected chi connectivity index (χ3v) is 10.6. The lowest BCUT2D eigenvalue weighted by Gasteiger charge is -2.15. The van der Waals surface area contributed by atoms with Crippen molar-refractivity contribution < 1.29 is 28.8 Å². The normalized spacial score (nSPS) is 16.9. The van der Waals surface area contributed by atoms with Gasteiger partial charge in [0.15, 0.2) is 0 Å². The summed E-state index contributed by atoms with van der Waals surface area (Å²) >= 11 is 0. The molecule has 3 nitrogen and oxygen atoms in total. The van der Waals surface area contributed by atoms with Crippen LogP contribution in [-0.4, -0.2) is 13.7 Å². The maximum atomic E-state index is 10.4. The molecule has 3 heterocycles. The number of aromatic nitrogens is 3. The van der Waals surface area contributed by atoms with Crippen molar-refractivity contribution in [3.05, 3.63) is 211 Å². The molecule has 9 aromatic carbocycles. The van der Waals surface area contributed by atoms with Gasteiger partial charge >= 0.3 is 0 Å². The van der Waals surface area contributed by atoms with E-state index < -0.39 is 155 Å². The lowest BCUT2D eigenvalue weighted by molar-refractivity contribution is 1.15. The fraction of sp³-hybridized carbons (Fsp3) is 0.0182. The molecule has 0 aliphatic carbocycles. The van der Waals surface area contributed by atoms with Gasteiger partial charge in [-0.25, -0.2) is 0 Å². The average Bonchev–Trinajstić information content (AvgIpc) is 3.20. The highest BCUT2D eigenvalue weighted by atomic mass is 15.0. The number of nitrogens with zero attached hydrogens (tertiary/aromatic N) is 3. The second-order valence-corrected chi connectivity index (χ2v) is 13.8. The van der Waals surface area contributed by atoms with Gasteiger partial charge < -0.3 is 13.7 Å². The van der Waals surface area contributed by atoms with Crippen LogP contribution in [0, 0.1) is 6.92 Å². The van der Waals surface area contributed by atoms with Gasteiger partial charge in [-0.15, -0.1) is 0 Å². The van der Waals surface area contributed by atoms with E-state index in [1.807, 2.05) is 60.7 Å². The Kier molecular flexibility index (Phi) is 3.97. The molecule has 0 fully saturated rings. The van der Waals surface area contributed by atoms with Crippen LogP contribution >= 0.6 is 0 Å². The molecule has 0 spiro atoms. The Bertz CT molecular complexity index is 4730. The summed E-state index contributed by atoms with van der Waals surface area (Å²) in [6, 6.07) is 9.50. The minimum absolute atomic E-state index is 0.144. The van der Waals surface area contributed by atoms with Crippen LogP contribution in [0.2, 0.25) is 0 Å². The minimum atomic E-state index is -0.811. The first-order valence-electron chi connectivity index (χ1n) is 28.8. The fourth-order valence-corrected chi connectivity index (χ4v) is 8.10. The monoisotopic (exact) mass is 760 g/mol. The number of fused-ring (bicyclic) bond motifs is 9. The molecule has 0 radical (unpaired) electrons. The quantitative estimate of drug-likeness (QED) is 0.166. The maximum Gasteiger partial charge on any atom is 0.0667 e. The summed E-state index contributed by atoms with van der Waals surface area (Å²) in [5.41, 5.74) is 0.345. The van der Waals surface area contributed by atoms with Crippen molar-refractivity contribution in [3.63, 3.8) is 0 Å². The molecule has 12 aromatic rings. The van der Waals surface area contributed by atoms with Crippen molar-refractivity contribution in [2.45, 2.75) is 6.92 Å². The molecule has 0 unspecified atom stereocenters. The van der Waals surface area contributed by atoms with E-state index >= 15 is 0 Å². The van der Waals surface area contributed by atoms with Gasteiger partial charge in [0, 0.05) is 43.7 Å². The van der Waals surface area contributed by atoms with Crippen LogP contribution in [0.25, 0.3) is 105 Å². The molecule has 3 aromatic heterocycles. The molecule has 0 bridgehead atoms. The van der Waals surface area contributed by atoms with E-state index in [-0.39, 0.29) is 60.3 Å². The van der Waals surface area contributed by atoms with Gasteiger partial charge in [-0.3, -0.25) is 0 Å². The second-order valence-electron chi connectivity index (χ2n) is 13.8. The Morgan fingerprint density at radius 1 is 0.362 bits per heavy atom. The molecule has 0 aliphatic rings. The van der Waals surface area contributed by atoms with E-state index in [9.17, 15) is 15.1 Å². The number of rotatable bonds is 5. The summed E-state index contributed by atoms with van der Waals surface area (Å²) in [5, 5.41) is -1.82. The molecule has 0 saturated heterocycles. The predicted molar refractivity (Wildman–Crippen MR) is 245 cm³/mol. The van der Waals surface area contributed by atoms with Crippen LogP contribution < -0.4 is 0 Å². The predicted octanol–water partition coefficient (Wildman–Crippen LogP) is 14.6. The van der Waals surface area contributed by atoms with E-state index in [4.69, 9.17) is 13.7 Å². The van der Waals surface area contributed by atoms with E-state index in [0.29, 0.717) is 5.56 Å². The van der Waals surface area contributed by atoms with Crippen molar-refractivity contribution in [3.8, 4) is 39.3 Å². The van der Waals surface area contributed by atoms with Crippen LogP contribution in [0.3, 0.4) is 0 Å². The highest BCUT2D eigenvalue weighted by Gasteiger charge is 2.22. The molecule has 12 rings (SSSR count). The second kappa shape index (κ2) is 12.7. The molecule has 58 heavy (non-hydrogen) atoms. The summed E-state index contributed by atoms with van der Waals surface area (Å²) in [4.78, 5) is 0. The van der Waals surface area contributed by atoms with Gasteiger partial charge in [0.05, 0.1) is 67.6 Å². The molecule has 3 heteroatoms. The molecule has 0 atom stereocenters. The zero-order valence-electron chi connectivity index (χ0n) is 51.3. The largest absolute Gasteiger partial charge is 0.309 e. The smallest absolute Gasteiger partial charge is 0.0667 e. The SMILES string of the molecule is [2H]c1c([2H])c([2H])c2c(c1[2H])c1c([2H])c([2H])c(-n3c4c([2H])c([2H])c([2H])c([2H])c4c4c(-n5c6c([2H])c([2H])c([2H])c([2H])c6c6c([2H])c([2H])c([2H])c([2H])c65)c(C)c([2H])c([2H])c43)c([2H])c1n2-c1cccc(-c2cccc(-c3ccccc3)c2)c1. The Labute approximate surface area is 365 Å². The number of benzene rings is 9. The molecular formula is C55H37N3. The molecule has 0 saturated carbocycles. The van der Waals surface area contributed by atoms with Crippen molar-refractivity contribution in [1.29, 1.82) is 0 Å². The zero-order valence-corrected chi connectivity index (χ0v) is 30.3. The van der Waals surface area contributed by atoms with Crippen molar-refractivity contribution >= 4 is 65.4 Å². The Morgan fingerprint density at radius 3 is 1.53 bits per heavy atom. The van der Waals surface area contributed by atoms with Crippen LogP contribution in [-0.2, 0) is 0 Å². The number of para-hydroxylation sites is 4. The average molecular weight is 761 g/mol. The third-order valence-electron chi connectivity index (χ3n) is 10.6. The maximum absolute atomic E-state index is 10.4. The number of hydrogen-bond donors (Lipinski definition) is 0. The van der Waals surface area contributed by atoms with E-state index in [2.05, 4.69) is 0 Å². The van der Waals surface area contributed by atoms with Gasteiger partial charge in [0.2, 0.25) is 0 Å². The van der Waals surface area contributed by atoms with Crippen molar-refractivity contribution in [2.24, 2.45) is 0 Å².